The van der Waals surface area contributed by atoms with Gasteiger partial charge in [0.05, 0.1) is 10.6 Å². The molecule has 0 saturated carbocycles. The van der Waals surface area contributed by atoms with Crippen LogP contribution >= 0.6 is 0 Å². The summed E-state index contributed by atoms with van der Waals surface area (Å²) in [5.41, 5.74) is 3.46. The van der Waals surface area contributed by atoms with Crippen molar-refractivity contribution >= 4 is 23.2 Å². The number of nitrogens with zero attached hydrogens (tertiary/aromatic N) is 2. The molecule has 118 valence electrons. The number of nitrogens with one attached hydrogen (secondary N) is 2. The predicted molar refractivity (Wildman–Crippen MR) is 81.5 cm³/mol. The minimum Gasteiger partial charge on any atom is -0.346 e. The molecule has 22 heavy (non-hydrogen) atoms. The van der Waals surface area contributed by atoms with Gasteiger partial charge in [0.25, 0.3) is 5.69 Å². The van der Waals surface area contributed by atoms with Crippen molar-refractivity contribution in [2.75, 3.05) is 0 Å². The van der Waals surface area contributed by atoms with Gasteiger partial charge in [-0.05, 0) is 27.7 Å². The zero-order valence-electron chi connectivity index (χ0n) is 12.8. The van der Waals surface area contributed by atoms with Crippen LogP contribution in [-0.2, 0) is 9.59 Å². The van der Waals surface area contributed by atoms with E-state index in [-0.39, 0.29) is 11.7 Å². The van der Waals surface area contributed by atoms with Crippen molar-refractivity contribution < 1.29 is 14.5 Å². The Labute approximate surface area is 127 Å². The Morgan fingerprint density at radius 2 is 1.91 bits per heavy atom. The molecule has 0 fully saturated rings. The first kappa shape index (κ1) is 17.3. The number of carbonyl (C=O) groups excluding carboxylic acids is 2. The number of hydrogen-bond acceptors (Lipinski definition) is 5. The Morgan fingerprint density at radius 1 is 1.27 bits per heavy atom. The van der Waals surface area contributed by atoms with Crippen LogP contribution < -0.4 is 10.7 Å². The second kappa shape index (κ2) is 7.30. The van der Waals surface area contributed by atoms with E-state index in [9.17, 15) is 19.7 Å². The number of benzene rings is 1. The van der Waals surface area contributed by atoms with Crippen molar-refractivity contribution in [3.05, 3.63) is 39.4 Å². The van der Waals surface area contributed by atoms with Crippen LogP contribution in [0.1, 0.15) is 31.9 Å². The van der Waals surface area contributed by atoms with E-state index in [2.05, 4.69) is 15.8 Å². The molecule has 0 bridgehead atoms. The molecule has 0 aromatic heterocycles. The van der Waals surface area contributed by atoms with E-state index in [0.29, 0.717) is 16.8 Å². The minimum atomic E-state index is -0.894. The summed E-state index contributed by atoms with van der Waals surface area (Å²) < 4.78 is 0. The quantitative estimate of drug-likeness (QED) is 0.377. The van der Waals surface area contributed by atoms with Crippen LogP contribution in [0.2, 0.25) is 0 Å². The summed E-state index contributed by atoms with van der Waals surface area (Å²) in [4.78, 5) is 33.3. The Bertz CT molecular complexity index is 638. The zero-order valence-corrected chi connectivity index (χ0v) is 12.8. The lowest BCUT2D eigenvalue weighted by molar-refractivity contribution is -0.385. The molecule has 2 amide bonds. The van der Waals surface area contributed by atoms with Crippen molar-refractivity contribution in [2.45, 2.75) is 33.7 Å². The zero-order chi connectivity index (χ0) is 16.9. The van der Waals surface area contributed by atoms with Crippen molar-refractivity contribution in [3.8, 4) is 0 Å². The highest BCUT2D eigenvalue weighted by molar-refractivity contribution is 6.35. The molecule has 0 radical (unpaired) electrons. The summed E-state index contributed by atoms with van der Waals surface area (Å²) in [6, 6.07) is 4.46. The molecule has 8 nitrogen and oxygen atoms in total. The van der Waals surface area contributed by atoms with E-state index in [0.717, 1.165) is 0 Å². The first-order chi connectivity index (χ1) is 10.2. The van der Waals surface area contributed by atoms with Crippen LogP contribution in [0, 0.1) is 17.0 Å². The first-order valence-corrected chi connectivity index (χ1v) is 6.63. The summed E-state index contributed by atoms with van der Waals surface area (Å²) in [5.74, 6) is -1.68. The standard InChI is InChI=1S/C14H18N4O4/c1-8(2)15-13(19)14(20)17-16-10(4)11-6-5-9(3)12(7-11)18(21)22/h5-8H,1-4H3,(H,15,19)(H,17,20)/b16-10-. The maximum atomic E-state index is 11.5. The molecule has 0 aliphatic heterocycles. The monoisotopic (exact) mass is 306 g/mol. The minimum absolute atomic E-state index is 0.0315. The van der Waals surface area contributed by atoms with Gasteiger partial charge in [-0.3, -0.25) is 19.7 Å². The Balaban J connectivity index is 2.85. The van der Waals surface area contributed by atoms with Crippen molar-refractivity contribution in [3.63, 3.8) is 0 Å². The lowest BCUT2D eigenvalue weighted by atomic mass is 10.1. The van der Waals surface area contributed by atoms with Gasteiger partial charge in [0.1, 0.15) is 0 Å². The number of amides is 2. The maximum Gasteiger partial charge on any atom is 0.329 e. The number of aryl methyl sites for hydroxylation is 1. The third-order valence-corrected chi connectivity index (χ3v) is 2.77. The number of nitro groups is 1. The summed E-state index contributed by atoms with van der Waals surface area (Å²) in [7, 11) is 0. The predicted octanol–water partition coefficient (Wildman–Crippen LogP) is 1.27. The Kier molecular flexibility index (Phi) is 5.73. The molecule has 8 heteroatoms. The van der Waals surface area contributed by atoms with Gasteiger partial charge >= 0.3 is 11.8 Å². The number of hydrogen-bond donors (Lipinski definition) is 2. The summed E-state index contributed by atoms with van der Waals surface area (Å²) >= 11 is 0. The van der Waals surface area contributed by atoms with Gasteiger partial charge in [-0.1, -0.05) is 12.1 Å². The third kappa shape index (κ3) is 4.65. The molecule has 0 heterocycles. The average molecular weight is 306 g/mol. The average Bonchev–Trinajstić information content (AvgIpc) is 2.43. The molecule has 0 aliphatic carbocycles. The van der Waals surface area contributed by atoms with Gasteiger partial charge in [0, 0.05) is 23.2 Å². The Hall–Kier alpha value is -2.77. The summed E-state index contributed by atoms with van der Waals surface area (Å²) in [6.45, 7) is 6.66. The second-order valence-electron chi connectivity index (χ2n) is 5.02. The highest BCUT2D eigenvalue weighted by Crippen LogP contribution is 2.19. The smallest absolute Gasteiger partial charge is 0.329 e. The number of nitro benzene ring substituents is 1. The fourth-order valence-corrected chi connectivity index (χ4v) is 1.61. The molecule has 0 spiro atoms. The van der Waals surface area contributed by atoms with Crippen LogP contribution in [-0.4, -0.2) is 28.5 Å². The van der Waals surface area contributed by atoms with E-state index < -0.39 is 16.7 Å². The van der Waals surface area contributed by atoms with E-state index in [1.807, 2.05) is 0 Å². The molecular formula is C14H18N4O4. The fourth-order valence-electron chi connectivity index (χ4n) is 1.61. The summed E-state index contributed by atoms with van der Waals surface area (Å²) in [5, 5.41) is 17.1. The number of hydrazone groups is 1. The van der Waals surface area contributed by atoms with E-state index in [1.165, 1.54) is 6.07 Å². The normalized spacial score (nSPS) is 11.2. The van der Waals surface area contributed by atoms with Crippen molar-refractivity contribution in [2.24, 2.45) is 5.10 Å². The van der Waals surface area contributed by atoms with E-state index in [4.69, 9.17) is 0 Å². The van der Waals surface area contributed by atoms with Gasteiger partial charge in [-0.2, -0.15) is 5.10 Å². The molecule has 0 aliphatic rings. The number of rotatable bonds is 4. The molecule has 2 N–H and O–H groups in total. The Morgan fingerprint density at radius 3 is 2.45 bits per heavy atom. The van der Waals surface area contributed by atoms with E-state index in [1.54, 1.807) is 39.8 Å². The maximum absolute atomic E-state index is 11.5. The van der Waals surface area contributed by atoms with Crippen LogP contribution in [0.15, 0.2) is 23.3 Å². The van der Waals surface area contributed by atoms with Crippen molar-refractivity contribution in [1.82, 2.24) is 10.7 Å². The molecule has 1 rings (SSSR count). The van der Waals surface area contributed by atoms with Gasteiger partial charge in [0.2, 0.25) is 0 Å². The molecular weight excluding hydrogens is 288 g/mol. The van der Waals surface area contributed by atoms with Crippen LogP contribution in [0.3, 0.4) is 0 Å². The topological polar surface area (TPSA) is 114 Å². The molecule has 0 saturated heterocycles. The van der Waals surface area contributed by atoms with Gasteiger partial charge in [0.15, 0.2) is 0 Å². The highest BCUT2D eigenvalue weighted by Gasteiger charge is 2.15. The highest BCUT2D eigenvalue weighted by atomic mass is 16.6. The molecule has 0 unspecified atom stereocenters. The van der Waals surface area contributed by atoms with Gasteiger partial charge in [-0.25, -0.2) is 5.43 Å². The molecule has 0 atom stereocenters. The molecule has 1 aromatic rings. The lowest BCUT2D eigenvalue weighted by Gasteiger charge is -2.07. The summed E-state index contributed by atoms with van der Waals surface area (Å²) in [6.07, 6.45) is 0. The van der Waals surface area contributed by atoms with Gasteiger partial charge < -0.3 is 5.32 Å². The molecule has 1 aromatic carbocycles. The lowest BCUT2D eigenvalue weighted by Crippen LogP contribution is -2.41. The van der Waals surface area contributed by atoms with Gasteiger partial charge in [-0.15, -0.1) is 0 Å². The fraction of sp³-hybridized carbons (Fsp3) is 0.357. The van der Waals surface area contributed by atoms with Crippen LogP contribution in [0.25, 0.3) is 0 Å². The van der Waals surface area contributed by atoms with Crippen LogP contribution in [0.4, 0.5) is 5.69 Å². The van der Waals surface area contributed by atoms with E-state index >= 15 is 0 Å². The second-order valence-corrected chi connectivity index (χ2v) is 5.02. The van der Waals surface area contributed by atoms with Crippen LogP contribution in [0.5, 0.6) is 0 Å². The van der Waals surface area contributed by atoms with Crippen molar-refractivity contribution in [1.29, 1.82) is 0 Å². The third-order valence-electron chi connectivity index (χ3n) is 2.77. The largest absolute Gasteiger partial charge is 0.346 e. The number of carbonyl (C=O) groups is 2. The first-order valence-electron chi connectivity index (χ1n) is 6.63. The SMILES string of the molecule is C/C(=N/NC(=O)C(=O)NC(C)C)c1ccc(C)c([N+](=O)[O-])c1.